The number of hydrogen-bond acceptors (Lipinski definition) is 3. The predicted molar refractivity (Wildman–Crippen MR) is 114 cm³/mol. The van der Waals surface area contributed by atoms with Crippen molar-refractivity contribution in [3.8, 4) is 0 Å². The van der Waals surface area contributed by atoms with E-state index >= 15 is 0 Å². The van der Waals surface area contributed by atoms with E-state index in [0.717, 1.165) is 25.8 Å². The lowest BCUT2D eigenvalue weighted by Gasteiger charge is -2.31. The zero-order valence-corrected chi connectivity index (χ0v) is 17.0. The third-order valence-electron chi connectivity index (χ3n) is 4.38. The van der Waals surface area contributed by atoms with Gasteiger partial charge in [0.05, 0.1) is 0 Å². The zero-order chi connectivity index (χ0) is 18.0. The van der Waals surface area contributed by atoms with Crippen molar-refractivity contribution in [2.24, 2.45) is 4.99 Å². The molecule has 2 N–H and O–H groups in total. The fourth-order valence-corrected chi connectivity index (χ4v) is 3.58. The van der Waals surface area contributed by atoms with Crippen LogP contribution in [-0.4, -0.2) is 6.21 Å². The van der Waals surface area contributed by atoms with Gasteiger partial charge in [0.25, 0.3) is 0 Å². The minimum Gasteiger partial charge on any atom is -0.359 e. The van der Waals surface area contributed by atoms with Crippen LogP contribution in [0.3, 0.4) is 0 Å². The Balaban J connectivity index is 1.68. The summed E-state index contributed by atoms with van der Waals surface area (Å²) in [5, 5.41) is 7.28. The number of rotatable bonds is 4. The molecule has 0 spiro atoms. The van der Waals surface area contributed by atoms with E-state index < -0.39 is 5.66 Å². The summed E-state index contributed by atoms with van der Waals surface area (Å²) >= 11 is 6.98. The summed E-state index contributed by atoms with van der Waals surface area (Å²) in [5.41, 5.74) is 2.70. The van der Waals surface area contributed by atoms with Crippen LogP contribution in [0.25, 0.3) is 0 Å². The van der Waals surface area contributed by atoms with E-state index in [0.29, 0.717) is 0 Å². The Labute approximate surface area is 169 Å². The number of anilines is 1. The normalized spacial score (nSPS) is 21.7. The quantitative estimate of drug-likeness (QED) is 0.501. The smallest absolute Gasteiger partial charge is 0.153 e. The maximum Gasteiger partial charge on any atom is 0.153 e. The van der Waals surface area contributed by atoms with Crippen molar-refractivity contribution >= 4 is 43.8 Å². The van der Waals surface area contributed by atoms with Crippen molar-refractivity contribution in [1.29, 1.82) is 0 Å². The van der Waals surface area contributed by atoms with Crippen molar-refractivity contribution in [2.75, 3.05) is 5.32 Å². The molecule has 0 amide bonds. The van der Waals surface area contributed by atoms with Gasteiger partial charge in [-0.25, -0.2) is 0 Å². The Kier molecular flexibility index (Phi) is 4.94. The van der Waals surface area contributed by atoms with Crippen LogP contribution in [0.15, 0.2) is 92.8 Å². The first kappa shape index (κ1) is 17.5. The lowest BCUT2D eigenvalue weighted by atomic mass is 10.00. The summed E-state index contributed by atoms with van der Waals surface area (Å²) in [4.78, 5) is 4.76. The fourth-order valence-electron chi connectivity index (χ4n) is 3.05. The Morgan fingerprint density at radius 2 is 1.42 bits per heavy atom. The van der Waals surface area contributed by atoms with Gasteiger partial charge in [-0.05, 0) is 47.5 Å². The van der Waals surface area contributed by atoms with Crippen LogP contribution in [0.4, 0.5) is 5.69 Å². The molecule has 4 rings (SSSR count). The molecule has 0 aromatic heterocycles. The number of benzene rings is 3. The first-order valence-corrected chi connectivity index (χ1v) is 9.90. The number of nitrogens with zero attached hydrogens (tertiary/aromatic N) is 1. The lowest BCUT2D eigenvalue weighted by Crippen LogP contribution is -2.47. The number of nitrogens with one attached hydrogen (secondary N) is 2. The Bertz CT molecular complexity index is 908. The molecule has 1 heterocycles. The highest BCUT2D eigenvalue weighted by Gasteiger charge is 2.37. The van der Waals surface area contributed by atoms with Crippen LogP contribution < -0.4 is 10.6 Å². The molecular formula is C21H17Br2N3. The summed E-state index contributed by atoms with van der Waals surface area (Å²) in [7, 11) is 0. The summed E-state index contributed by atoms with van der Waals surface area (Å²) in [5.74, 6) is 0. The van der Waals surface area contributed by atoms with Crippen molar-refractivity contribution < 1.29 is 0 Å². The molecule has 0 aliphatic carbocycles. The molecular weight excluding hydrogens is 454 g/mol. The summed E-state index contributed by atoms with van der Waals surface area (Å²) in [6, 6.07) is 26.7. The predicted octanol–water partition coefficient (Wildman–Crippen LogP) is 5.85. The highest BCUT2D eigenvalue weighted by Crippen LogP contribution is 2.32. The standard InChI is InChI=1S/C21H17Br2N3/c22-17-8-6-15(7-9-17)20-24-14-21(26-20,16-4-2-1-3-5-16)25-19-12-10-18(23)11-13-19/h1-14,20,25-26H. The monoisotopic (exact) mass is 469 g/mol. The molecule has 2 atom stereocenters. The average molecular weight is 471 g/mol. The second kappa shape index (κ2) is 7.35. The van der Waals surface area contributed by atoms with Gasteiger partial charge in [-0.15, -0.1) is 0 Å². The van der Waals surface area contributed by atoms with E-state index in [-0.39, 0.29) is 6.17 Å². The van der Waals surface area contributed by atoms with Crippen LogP contribution in [0.2, 0.25) is 0 Å². The maximum atomic E-state index is 4.76. The van der Waals surface area contributed by atoms with Crippen molar-refractivity contribution in [3.05, 3.63) is 98.9 Å². The third-order valence-corrected chi connectivity index (χ3v) is 5.44. The molecule has 5 heteroatoms. The van der Waals surface area contributed by atoms with E-state index in [2.05, 4.69) is 78.9 Å². The lowest BCUT2D eigenvalue weighted by molar-refractivity contribution is 0.473. The molecule has 0 radical (unpaired) electrons. The fraction of sp³-hybridized carbons (Fsp3) is 0.0952. The summed E-state index contributed by atoms with van der Waals surface area (Å²) < 4.78 is 2.11. The topological polar surface area (TPSA) is 36.4 Å². The van der Waals surface area contributed by atoms with E-state index in [1.807, 2.05) is 48.7 Å². The van der Waals surface area contributed by atoms with Crippen molar-refractivity contribution in [3.63, 3.8) is 0 Å². The average Bonchev–Trinajstić information content (AvgIpc) is 3.10. The molecule has 0 saturated carbocycles. The number of aliphatic imine (C=N–C) groups is 1. The van der Waals surface area contributed by atoms with Crippen molar-refractivity contribution in [1.82, 2.24) is 5.32 Å². The molecule has 3 aromatic carbocycles. The largest absolute Gasteiger partial charge is 0.359 e. The van der Waals surface area contributed by atoms with Crippen LogP contribution in [0.5, 0.6) is 0 Å². The van der Waals surface area contributed by atoms with Gasteiger partial charge in [0, 0.05) is 20.8 Å². The number of hydrogen-bond donors (Lipinski definition) is 2. The van der Waals surface area contributed by atoms with Crippen LogP contribution in [0, 0.1) is 0 Å². The summed E-state index contributed by atoms with van der Waals surface area (Å²) in [6.45, 7) is 0. The Hall–Kier alpha value is -1.95. The van der Waals surface area contributed by atoms with Crippen LogP contribution in [-0.2, 0) is 5.66 Å². The first-order valence-electron chi connectivity index (χ1n) is 8.31. The highest BCUT2D eigenvalue weighted by molar-refractivity contribution is 9.10. The van der Waals surface area contributed by atoms with E-state index in [9.17, 15) is 0 Å². The molecule has 0 saturated heterocycles. The molecule has 2 unspecified atom stereocenters. The molecule has 0 bridgehead atoms. The minimum absolute atomic E-state index is 0.105. The minimum atomic E-state index is -0.563. The van der Waals surface area contributed by atoms with Gasteiger partial charge in [-0.1, -0.05) is 74.3 Å². The van der Waals surface area contributed by atoms with E-state index in [1.54, 1.807) is 0 Å². The summed E-state index contributed by atoms with van der Waals surface area (Å²) in [6.07, 6.45) is 1.86. The second-order valence-corrected chi connectivity index (χ2v) is 8.01. The maximum absolute atomic E-state index is 4.76. The highest BCUT2D eigenvalue weighted by atomic mass is 79.9. The van der Waals surface area contributed by atoms with Gasteiger partial charge in [0.15, 0.2) is 5.66 Å². The Morgan fingerprint density at radius 1 is 0.808 bits per heavy atom. The molecule has 0 fully saturated rings. The number of halogens is 2. The van der Waals surface area contributed by atoms with Gasteiger partial charge in [-0.3, -0.25) is 10.3 Å². The zero-order valence-electron chi connectivity index (χ0n) is 13.9. The molecule has 3 nitrogen and oxygen atoms in total. The molecule has 26 heavy (non-hydrogen) atoms. The SMILES string of the molecule is Brc1ccc(NC2(c3ccccc3)C=NC(c3ccc(Br)cc3)N2)cc1. The Morgan fingerprint density at radius 3 is 2.08 bits per heavy atom. The second-order valence-electron chi connectivity index (χ2n) is 6.18. The van der Waals surface area contributed by atoms with E-state index in [4.69, 9.17) is 4.99 Å². The van der Waals surface area contributed by atoms with Gasteiger partial charge < -0.3 is 5.32 Å². The third kappa shape index (κ3) is 3.61. The molecule has 1 aliphatic rings. The van der Waals surface area contributed by atoms with Gasteiger partial charge in [-0.2, -0.15) is 0 Å². The van der Waals surface area contributed by atoms with Crippen LogP contribution in [0.1, 0.15) is 17.3 Å². The van der Waals surface area contributed by atoms with Gasteiger partial charge >= 0.3 is 0 Å². The van der Waals surface area contributed by atoms with E-state index in [1.165, 1.54) is 0 Å². The molecule has 3 aromatic rings. The molecule has 1 aliphatic heterocycles. The molecule has 130 valence electrons. The van der Waals surface area contributed by atoms with Crippen LogP contribution >= 0.6 is 31.9 Å². The van der Waals surface area contributed by atoms with Gasteiger partial charge in [0.1, 0.15) is 6.17 Å². The van der Waals surface area contributed by atoms with Crippen molar-refractivity contribution in [2.45, 2.75) is 11.8 Å². The van der Waals surface area contributed by atoms with Gasteiger partial charge in [0.2, 0.25) is 0 Å². The first-order chi connectivity index (χ1) is 12.6.